The molecule has 0 bridgehead atoms. The molecule has 132 valence electrons. The number of rotatable bonds is 5. The van der Waals surface area contributed by atoms with E-state index >= 15 is 0 Å². The molecular weight excluding hydrogens is 311 g/mol. The second-order valence-corrected chi connectivity index (χ2v) is 6.63. The fourth-order valence-corrected chi connectivity index (χ4v) is 3.74. The number of amides is 1. The largest absolute Gasteiger partial charge is 0.481 e. The van der Waals surface area contributed by atoms with Gasteiger partial charge in [0.1, 0.15) is 0 Å². The predicted molar refractivity (Wildman–Crippen MR) is 88.3 cm³/mol. The summed E-state index contributed by atoms with van der Waals surface area (Å²) >= 11 is 0. The maximum Gasteiger partial charge on any atom is 0.258 e. The third-order valence-corrected chi connectivity index (χ3v) is 4.97. The standard InChI is InChI=1S/C18H25FN2O3/c19-13-6-1-2-9-16(13)24-12-17(22)20-14-7-5-8-15(18(14)23)21-10-3-4-11-21/h1-2,6,9,14-15,18,23H,3-5,7-8,10-12H2,(H,20,22)/t14-,15-,18-/m1/s1. The van der Waals surface area contributed by atoms with Gasteiger partial charge in [-0.3, -0.25) is 9.69 Å². The maximum absolute atomic E-state index is 13.5. The van der Waals surface area contributed by atoms with E-state index in [1.807, 2.05) is 0 Å². The quantitative estimate of drug-likeness (QED) is 0.859. The molecule has 3 rings (SSSR count). The van der Waals surface area contributed by atoms with E-state index in [2.05, 4.69) is 10.2 Å². The van der Waals surface area contributed by atoms with Gasteiger partial charge in [-0.2, -0.15) is 0 Å². The summed E-state index contributed by atoms with van der Waals surface area (Å²) in [5.41, 5.74) is 0. The molecule has 2 fully saturated rings. The number of nitrogens with zero attached hydrogens (tertiary/aromatic N) is 1. The van der Waals surface area contributed by atoms with Crippen LogP contribution in [0.3, 0.4) is 0 Å². The molecule has 3 atom stereocenters. The number of ether oxygens (including phenoxy) is 1. The van der Waals surface area contributed by atoms with E-state index in [9.17, 15) is 14.3 Å². The van der Waals surface area contributed by atoms with Crippen molar-refractivity contribution in [1.82, 2.24) is 10.2 Å². The van der Waals surface area contributed by atoms with E-state index in [4.69, 9.17) is 4.74 Å². The van der Waals surface area contributed by atoms with Crippen LogP contribution in [0.2, 0.25) is 0 Å². The first-order valence-corrected chi connectivity index (χ1v) is 8.74. The van der Waals surface area contributed by atoms with Crippen LogP contribution in [0, 0.1) is 5.82 Å². The third-order valence-electron chi connectivity index (χ3n) is 4.97. The molecule has 1 aliphatic carbocycles. The minimum absolute atomic E-state index is 0.0618. The van der Waals surface area contributed by atoms with Crippen LogP contribution in [0.1, 0.15) is 32.1 Å². The van der Waals surface area contributed by atoms with Crippen molar-refractivity contribution in [2.45, 2.75) is 50.3 Å². The van der Waals surface area contributed by atoms with Gasteiger partial charge in [-0.05, 0) is 57.3 Å². The van der Waals surface area contributed by atoms with Gasteiger partial charge in [0.25, 0.3) is 5.91 Å². The highest BCUT2D eigenvalue weighted by Crippen LogP contribution is 2.26. The molecule has 0 spiro atoms. The number of likely N-dealkylation sites (tertiary alicyclic amines) is 1. The zero-order chi connectivity index (χ0) is 16.9. The van der Waals surface area contributed by atoms with Gasteiger partial charge in [-0.1, -0.05) is 12.1 Å². The number of nitrogens with one attached hydrogen (secondary N) is 1. The molecule has 5 nitrogen and oxygen atoms in total. The fourth-order valence-electron chi connectivity index (χ4n) is 3.74. The number of carbonyl (C=O) groups is 1. The highest BCUT2D eigenvalue weighted by atomic mass is 19.1. The lowest BCUT2D eigenvalue weighted by molar-refractivity contribution is -0.125. The van der Waals surface area contributed by atoms with Gasteiger partial charge in [0.15, 0.2) is 18.2 Å². The van der Waals surface area contributed by atoms with E-state index in [-0.39, 0.29) is 30.3 Å². The van der Waals surface area contributed by atoms with Crippen LogP contribution in [0.4, 0.5) is 4.39 Å². The molecule has 1 saturated heterocycles. The summed E-state index contributed by atoms with van der Waals surface area (Å²) in [6, 6.07) is 5.86. The smallest absolute Gasteiger partial charge is 0.258 e. The van der Waals surface area contributed by atoms with Crippen LogP contribution in [-0.4, -0.2) is 53.8 Å². The lowest BCUT2D eigenvalue weighted by atomic mass is 9.87. The molecule has 0 aromatic heterocycles. The molecule has 24 heavy (non-hydrogen) atoms. The topological polar surface area (TPSA) is 61.8 Å². The van der Waals surface area contributed by atoms with Gasteiger partial charge in [0.05, 0.1) is 12.1 Å². The van der Waals surface area contributed by atoms with Crippen LogP contribution in [0.5, 0.6) is 5.75 Å². The highest BCUT2D eigenvalue weighted by Gasteiger charge is 2.36. The molecular formula is C18H25FN2O3. The van der Waals surface area contributed by atoms with Crippen molar-refractivity contribution >= 4 is 5.91 Å². The van der Waals surface area contributed by atoms with Gasteiger partial charge in [0.2, 0.25) is 0 Å². The van der Waals surface area contributed by atoms with E-state index in [0.29, 0.717) is 0 Å². The predicted octanol–water partition coefficient (Wildman–Crippen LogP) is 1.70. The second kappa shape index (κ2) is 7.94. The maximum atomic E-state index is 13.5. The number of aliphatic hydroxyl groups is 1. The third kappa shape index (κ3) is 4.05. The molecule has 1 saturated carbocycles. The van der Waals surface area contributed by atoms with Crippen molar-refractivity contribution in [1.29, 1.82) is 0 Å². The highest BCUT2D eigenvalue weighted by molar-refractivity contribution is 5.78. The lowest BCUT2D eigenvalue weighted by Gasteiger charge is -2.40. The molecule has 2 aliphatic rings. The molecule has 0 radical (unpaired) electrons. The van der Waals surface area contributed by atoms with Crippen molar-refractivity contribution in [2.75, 3.05) is 19.7 Å². The van der Waals surface area contributed by atoms with E-state index < -0.39 is 11.9 Å². The van der Waals surface area contributed by atoms with Crippen LogP contribution >= 0.6 is 0 Å². The number of aliphatic hydroxyl groups excluding tert-OH is 1. The molecule has 1 aliphatic heterocycles. The van der Waals surface area contributed by atoms with Gasteiger partial charge in [-0.15, -0.1) is 0 Å². The average Bonchev–Trinajstić information content (AvgIpc) is 3.10. The first-order chi connectivity index (χ1) is 11.6. The number of para-hydroxylation sites is 1. The van der Waals surface area contributed by atoms with Crippen molar-refractivity contribution in [3.05, 3.63) is 30.1 Å². The Morgan fingerprint density at radius 3 is 2.75 bits per heavy atom. The monoisotopic (exact) mass is 336 g/mol. The Balaban J connectivity index is 1.50. The molecule has 1 heterocycles. The van der Waals surface area contributed by atoms with Crippen molar-refractivity contribution in [2.24, 2.45) is 0 Å². The number of hydrogen-bond acceptors (Lipinski definition) is 4. The van der Waals surface area contributed by atoms with Gasteiger partial charge in [0, 0.05) is 6.04 Å². The molecule has 6 heteroatoms. The average molecular weight is 336 g/mol. The molecule has 1 amide bonds. The van der Waals surface area contributed by atoms with E-state index in [1.165, 1.54) is 25.0 Å². The normalized spacial score (nSPS) is 27.8. The molecule has 2 N–H and O–H groups in total. The number of halogens is 1. The Morgan fingerprint density at radius 1 is 1.25 bits per heavy atom. The summed E-state index contributed by atoms with van der Waals surface area (Å²) in [6.07, 6.45) is 4.51. The summed E-state index contributed by atoms with van der Waals surface area (Å²) in [4.78, 5) is 14.4. The first kappa shape index (κ1) is 17.2. The van der Waals surface area contributed by atoms with Gasteiger partial charge >= 0.3 is 0 Å². The summed E-state index contributed by atoms with van der Waals surface area (Å²) in [7, 11) is 0. The lowest BCUT2D eigenvalue weighted by Crippen LogP contribution is -2.56. The second-order valence-electron chi connectivity index (χ2n) is 6.63. The Kier molecular flexibility index (Phi) is 5.68. The number of carbonyl (C=O) groups excluding carboxylic acids is 1. The summed E-state index contributed by atoms with van der Waals surface area (Å²) in [6.45, 7) is 1.80. The SMILES string of the molecule is O=C(COc1ccccc1F)N[C@@H]1CCC[C@@H](N2CCCC2)[C@@H]1O. The molecule has 1 aromatic carbocycles. The zero-order valence-corrected chi connectivity index (χ0v) is 13.8. The minimum atomic E-state index is -0.561. The van der Waals surface area contributed by atoms with Crippen LogP contribution in [0.15, 0.2) is 24.3 Å². The Hall–Kier alpha value is -1.66. The van der Waals surface area contributed by atoms with Crippen LogP contribution in [0.25, 0.3) is 0 Å². The summed E-state index contributed by atoms with van der Waals surface area (Å²) in [5.74, 6) is -0.756. The van der Waals surface area contributed by atoms with Crippen molar-refractivity contribution in [3.63, 3.8) is 0 Å². The summed E-state index contributed by atoms with van der Waals surface area (Å²) in [5, 5.41) is 13.5. The molecule has 0 unspecified atom stereocenters. The van der Waals surface area contributed by atoms with Gasteiger partial charge < -0.3 is 15.2 Å². The van der Waals surface area contributed by atoms with Crippen molar-refractivity contribution < 1.29 is 19.0 Å². The van der Waals surface area contributed by atoms with E-state index in [0.717, 1.165) is 32.4 Å². The fraction of sp³-hybridized carbons (Fsp3) is 0.611. The zero-order valence-electron chi connectivity index (χ0n) is 13.8. The molecule has 1 aromatic rings. The van der Waals surface area contributed by atoms with Crippen molar-refractivity contribution in [3.8, 4) is 5.75 Å². The minimum Gasteiger partial charge on any atom is -0.481 e. The first-order valence-electron chi connectivity index (χ1n) is 8.74. The van der Waals surface area contributed by atoms with Crippen LogP contribution in [-0.2, 0) is 4.79 Å². The van der Waals surface area contributed by atoms with Gasteiger partial charge in [-0.25, -0.2) is 4.39 Å². The van der Waals surface area contributed by atoms with Crippen LogP contribution < -0.4 is 10.1 Å². The Bertz CT molecular complexity index is 563. The number of benzene rings is 1. The summed E-state index contributed by atoms with van der Waals surface area (Å²) < 4.78 is 18.7. The van der Waals surface area contributed by atoms with E-state index in [1.54, 1.807) is 12.1 Å². The Labute approximate surface area is 141 Å². The Morgan fingerprint density at radius 2 is 2.00 bits per heavy atom. The number of hydrogen-bond donors (Lipinski definition) is 2.